The Labute approximate surface area is 172 Å². The Morgan fingerprint density at radius 3 is 2.43 bits per heavy atom. The number of rotatable bonds is 7. The highest BCUT2D eigenvalue weighted by atomic mass is 19.4. The SMILES string of the molecule is CCCCc1ccc(NC(=O)CCc2c(C)nc3nc(C(F)(F)F)nn3c2C)cc1. The van der Waals surface area contributed by atoms with Gasteiger partial charge in [-0.2, -0.15) is 18.2 Å². The minimum atomic E-state index is -4.64. The van der Waals surface area contributed by atoms with Crippen molar-refractivity contribution in [3.63, 3.8) is 0 Å². The summed E-state index contributed by atoms with van der Waals surface area (Å²) in [5.74, 6) is -1.51. The van der Waals surface area contributed by atoms with E-state index in [0.29, 0.717) is 29.1 Å². The Morgan fingerprint density at radius 2 is 1.80 bits per heavy atom. The van der Waals surface area contributed by atoms with Crippen molar-refractivity contribution in [1.29, 1.82) is 0 Å². The highest BCUT2D eigenvalue weighted by molar-refractivity contribution is 5.90. The molecule has 0 saturated heterocycles. The Hall–Kier alpha value is -2.97. The monoisotopic (exact) mass is 419 g/mol. The van der Waals surface area contributed by atoms with Crippen molar-refractivity contribution in [3.8, 4) is 0 Å². The molecular weight excluding hydrogens is 395 g/mol. The second-order valence-corrected chi connectivity index (χ2v) is 7.25. The Balaban J connectivity index is 1.68. The molecule has 0 radical (unpaired) electrons. The van der Waals surface area contributed by atoms with Gasteiger partial charge < -0.3 is 5.32 Å². The number of halogens is 3. The first-order valence-corrected chi connectivity index (χ1v) is 9.88. The Bertz CT molecular complexity index is 1040. The van der Waals surface area contributed by atoms with Crippen molar-refractivity contribution in [2.24, 2.45) is 0 Å². The minimum Gasteiger partial charge on any atom is -0.326 e. The number of hydrogen-bond donors (Lipinski definition) is 1. The zero-order valence-corrected chi connectivity index (χ0v) is 17.2. The molecule has 0 aliphatic carbocycles. The summed E-state index contributed by atoms with van der Waals surface area (Å²) in [7, 11) is 0. The smallest absolute Gasteiger partial charge is 0.326 e. The van der Waals surface area contributed by atoms with E-state index in [0.717, 1.165) is 23.8 Å². The van der Waals surface area contributed by atoms with Crippen molar-refractivity contribution < 1.29 is 18.0 Å². The maximum absolute atomic E-state index is 12.9. The molecule has 3 rings (SSSR count). The second-order valence-electron chi connectivity index (χ2n) is 7.25. The fraction of sp³-hybridized carbons (Fsp3) is 0.429. The third-order valence-electron chi connectivity index (χ3n) is 4.96. The number of aromatic nitrogens is 4. The van der Waals surface area contributed by atoms with Crippen LogP contribution in [-0.4, -0.2) is 25.5 Å². The van der Waals surface area contributed by atoms with Crippen molar-refractivity contribution in [2.45, 2.75) is 59.1 Å². The van der Waals surface area contributed by atoms with Crippen LogP contribution in [0.3, 0.4) is 0 Å². The maximum Gasteiger partial charge on any atom is 0.453 e. The van der Waals surface area contributed by atoms with Gasteiger partial charge in [-0.25, -0.2) is 9.50 Å². The summed E-state index contributed by atoms with van der Waals surface area (Å²) in [5.41, 5.74) is 3.66. The summed E-state index contributed by atoms with van der Waals surface area (Å²) in [6.07, 6.45) is -0.865. The zero-order valence-electron chi connectivity index (χ0n) is 17.2. The van der Waals surface area contributed by atoms with Gasteiger partial charge in [-0.1, -0.05) is 25.5 Å². The summed E-state index contributed by atoms with van der Waals surface area (Å²) in [6, 6.07) is 7.75. The largest absolute Gasteiger partial charge is 0.453 e. The van der Waals surface area contributed by atoms with E-state index in [4.69, 9.17) is 0 Å². The van der Waals surface area contributed by atoms with Gasteiger partial charge >= 0.3 is 6.18 Å². The van der Waals surface area contributed by atoms with E-state index in [9.17, 15) is 18.0 Å². The van der Waals surface area contributed by atoms with E-state index in [1.165, 1.54) is 5.56 Å². The zero-order chi connectivity index (χ0) is 21.9. The van der Waals surface area contributed by atoms with Crippen LogP contribution in [0.25, 0.3) is 5.78 Å². The number of anilines is 1. The molecule has 0 spiro atoms. The van der Waals surface area contributed by atoms with E-state index in [-0.39, 0.29) is 18.1 Å². The van der Waals surface area contributed by atoms with Gasteiger partial charge in [-0.15, -0.1) is 5.10 Å². The van der Waals surface area contributed by atoms with Crippen LogP contribution in [0.1, 0.15) is 54.5 Å². The molecule has 160 valence electrons. The van der Waals surface area contributed by atoms with Gasteiger partial charge in [-0.05, 0) is 56.4 Å². The third-order valence-corrected chi connectivity index (χ3v) is 4.96. The molecule has 1 N–H and O–H groups in total. The highest BCUT2D eigenvalue weighted by Crippen LogP contribution is 2.27. The fourth-order valence-electron chi connectivity index (χ4n) is 3.29. The lowest BCUT2D eigenvalue weighted by atomic mass is 10.1. The first-order valence-electron chi connectivity index (χ1n) is 9.88. The molecule has 1 amide bonds. The van der Waals surface area contributed by atoms with Gasteiger partial charge in [0.05, 0.1) is 0 Å². The molecule has 0 saturated carbocycles. The number of alkyl halides is 3. The Kier molecular flexibility index (Phi) is 6.38. The number of hydrogen-bond acceptors (Lipinski definition) is 4. The maximum atomic E-state index is 12.9. The lowest BCUT2D eigenvalue weighted by Crippen LogP contribution is -2.14. The predicted octanol–water partition coefficient (Wildman–Crippen LogP) is 4.67. The normalized spacial score (nSPS) is 11.8. The molecule has 0 atom stereocenters. The van der Waals surface area contributed by atoms with Crippen LogP contribution in [0, 0.1) is 13.8 Å². The molecule has 3 aromatic rings. The van der Waals surface area contributed by atoms with Crippen LogP contribution in [0.2, 0.25) is 0 Å². The molecule has 1 aromatic carbocycles. The van der Waals surface area contributed by atoms with Crippen molar-refractivity contribution >= 4 is 17.4 Å². The van der Waals surface area contributed by atoms with Crippen molar-refractivity contribution in [2.75, 3.05) is 5.32 Å². The standard InChI is InChI=1S/C21H24F3N5O/c1-4-5-6-15-7-9-16(10-8-15)26-18(30)12-11-17-13(2)25-20-27-19(21(22,23)24)28-29(20)14(17)3/h7-10H,4-6,11-12H2,1-3H3,(H,26,30). The molecule has 0 aliphatic heterocycles. The molecule has 6 nitrogen and oxygen atoms in total. The average Bonchev–Trinajstić information content (AvgIpc) is 3.12. The molecule has 2 aromatic heterocycles. The quantitative estimate of drug-likeness (QED) is 0.604. The summed E-state index contributed by atoms with van der Waals surface area (Å²) in [6.45, 7) is 5.49. The fourth-order valence-corrected chi connectivity index (χ4v) is 3.29. The van der Waals surface area contributed by atoms with Gasteiger partial charge in [0.15, 0.2) is 0 Å². The molecule has 9 heteroatoms. The van der Waals surface area contributed by atoms with Crippen molar-refractivity contribution in [1.82, 2.24) is 19.6 Å². The van der Waals surface area contributed by atoms with Crippen LogP contribution in [-0.2, 0) is 23.8 Å². The minimum absolute atomic E-state index is 0.103. The summed E-state index contributed by atoms with van der Waals surface area (Å²) in [4.78, 5) is 19.9. The molecule has 0 aliphatic rings. The van der Waals surface area contributed by atoms with Gasteiger partial charge in [0.25, 0.3) is 11.6 Å². The van der Waals surface area contributed by atoms with Gasteiger partial charge in [0, 0.05) is 23.5 Å². The number of nitrogens with one attached hydrogen (secondary N) is 1. The summed E-state index contributed by atoms with van der Waals surface area (Å²) < 4.78 is 39.7. The lowest BCUT2D eigenvalue weighted by Gasteiger charge is -2.11. The molecular formula is C21H24F3N5O. The summed E-state index contributed by atoms with van der Waals surface area (Å²) >= 11 is 0. The van der Waals surface area contributed by atoms with Crippen LogP contribution in [0.4, 0.5) is 18.9 Å². The first-order chi connectivity index (χ1) is 14.2. The van der Waals surface area contributed by atoms with E-state index < -0.39 is 12.0 Å². The number of fused-ring (bicyclic) bond motifs is 1. The van der Waals surface area contributed by atoms with Crippen LogP contribution < -0.4 is 5.32 Å². The molecule has 0 unspecified atom stereocenters. The highest BCUT2D eigenvalue weighted by Gasteiger charge is 2.36. The number of carbonyl (C=O) groups excluding carboxylic acids is 1. The molecule has 0 fully saturated rings. The molecule has 2 heterocycles. The van der Waals surface area contributed by atoms with E-state index in [1.54, 1.807) is 13.8 Å². The van der Waals surface area contributed by atoms with Gasteiger partial charge in [0.1, 0.15) is 0 Å². The predicted molar refractivity (Wildman–Crippen MR) is 107 cm³/mol. The summed E-state index contributed by atoms with van der Waals surface area (Å²) in [5, 5.41) is 6.38. The third kappa shape index (κ3) is 4.95. The van der Waals surface area contributed by atoms with Crippen LogP contribution in [0.5, 0.6) is 0 Å². The van der Waals surface area contributed by atoms with Crippen LogP contribution in [0.15, 0.2) is 24.3 Å². The molecule has 30 heavy (non-hydrogen) atoms. The molecule has 0 bridgehead atoms. The number of carbonyl (C=O) groups is 1. The van der Waals surface area contributed by atoms with Gasteiger partial charge in [0.2, 0.25) is 5.91 Å². The van der Waals surface area contributed by atoms with Crippen molar-refractivity contribution in [3.05, 3.63) is 52.6 Å². The number of benzene rings is 1. The van der Waals surface area contributed by atoms with E-state index >= 15 is 0 Å². The van der Waals surface area contributed by atoms with Crippen LogP contribution >= 0.6 is 0 Å². The topological polar surface area (TPSA) is 72.2 Å². The van der Waals surface area contributed by atoms with E-state index in [2.05, 4.69) is 27.3 Å². The van der Waals surface area contributed by atoms with E-state index in [1.807, 2.05) is 24.3 Å². The number of unbranched alkanes of at least 4 members (excludes halogenated alkanes) is 1. The first kappa shape index (κ1) is 21.7. The number of nitrogens with zero attached hydrogens (tertiary/aromatic N) is 4. The Morgan fingerprint density at radius 1 is 1.10 bits per heavy atom. The number of aryl methyl sites for hydroxylation is 3. The van der Waals surface area contributed by atoms with Gasteiger partial charge in [-0.3, -0.25) is 4.79 Å². The lowest BCUT2D eigenvalue weighted by molar-refractivity contribution is -0.144. The average molecular weight is 419 g/mol. The second kappa shape index (κ2) is 8.81. The number of amides is 1.